The summed E-state index contributed by atoms with van der Waals surface area (Å²) in [6.45, 7) is 6.30. The van der Waals surface area contributed by atoms with Crippen LogP contribution in [0.1, 0.15) is 51.9 Å². The highest BCUT2D eigenvalue weighted by Crippen LogP contribution is 2.36. The van der Waals surface area contributed by atoms with Gasteiger partial charge in [-0.15, -0.1) is 0 Å². The Kier molecular flexibility index (Phi) is 4.40. The van der Waals surface area contributed by atoms with E-state index in [0.717, 1.165) is 18.0 Å². The summed E-state index contributed by atoms with van der Waals surface area (Å²) < 4.78 is 0. The van der Waals surface area contributed by atoms with Crippen molar-refractivity contribution in [2.45, 2.75) is 69.5 Å². The zero-order valence-corrected chi connectivity index (χ0v) is 13.7. The van der Waals surface area contributed by atoms with Gasteiger partial charge in [0.05, 0.1) is 0 Å². The highest BCUT2D eigenvalue weighted by atomic mass is 15.3. The highest BCUT2D eigenvalue weighted by molar-refractivity contribution is 5.00. The summed E-state index contributed by atoms with van der Waals surface area (Å²) in [5, 5.41) is 3.98. The van der Waals surface area contributed by atoms with Crippen LogP contribution in [0.15, 0.2) is 0 Å². The summed E-state index contributed by atoms with van der Waals surface area (Å²) in [6, 6.07) is 1.60. The van der Waals surface area contributed by atoms with Crippen molar-refractivity contribution in [3.63, 3.8) is 0 Å². The van der Waals surface area contributed by atoms with E-state index in [1.54, 1.807) is 0 Å². The van der Waals surface area contributed by atoms with Gasteiger partial charge in [-0.1, -0.05) is 19.8 Å². The Balaban J connectivity index is 1.60. The third-order valence-electron chi connectivity index (χ3n) is 6.32. The predicted octanol–water partition coefficient (Wildman–Crippen LogP) is 2.32. The molecule has 3 fully saturated rings. The lowest BCUT2D eigenvalue weighted by molar-refractivity contribution is 0.0711. The maximum absolute atomic E-state index is 3.98. The fourth-order valence-electron chi connectivity index (χ4n) is 5.00. The van der Waals surface area contributed by atoms with E-state index in [2.05, 4.69) is 36.1 Å². The van der Waals surface area contributed by atoms with Crippen LogP contribution in [0.5, 0.6) is 0 Å². The molecule has 4 unspecified atom stereocenters. The van der Waals surface area contributed by atoms with Gasteiger partial charge in [0, 0.05) is 30.7 Å². The van der Waals surface area contributed by atoms with E-state index in [1.807, 2.05) is 0 Å². The Bertz CT molecular complexity index is 330. The highest BCUT2D eigenvalue weighted by Gasteiger charge is 2.41. The van der Waals surface area contributed by atoms with E-state index in [9.17, 15) is 0 Å². The summed E-state index contributed by atoms with van der Waals surface area (Å²) in [5.74, 6) is 0.888. The third-order valence-corrected chi connectivity index (χ3v) is 6.32. The van der Waals surface area contributed by atoms with Crippen molar-refractivity contribution in [2.75, 3.05) is 33.7 Å². The van der Waals surface area contributed by atoms with Crippen LogP contribution in [-0.4, -0.2) is 61.2 Å². The number of nitrogens with zero attached hydrogens (tertiary/aromatic N) is 2. The van der Waals surface area contributed by atoms with E-state index >= 15 is 0 Å². The molecule has 0 bridgehead atoms. The smallest absolute Gasteiger partial charge is 0.0330 e. The maximum atomic E-state index is 3.98. The maximum Gasteiger partial charge on any atom is 0.0330 e. The Hall–Kier alpha value is -0.120. The van der Waals surface area contributed by atoms with Gasteiger partial charge in [-0.2, -0.15) is 0 Å². The first-order valence-electron chi connectivity index (χ1n) is 8.76. The minimum atomic E-state index is 0.406. The van der Waals surface area contributed by atoms with E-state index < -0.39 is 0 Å². The molecule has 1 N–H and O–H groups in total. The normalized spacial score (nSPS) is 42.3. The van der Waals surface area contributed by atoms with Gasteiger partial charge in [-0.3, -0.25) is 4.90 Å². The molecule has 3 nitrogen and oxygen atoms in total. The van der Waals surface area contributed by atoms with Crippen molar-refractivity contribution in [3.8, 4) is 0 Å². The van der Waals surface area contributed by atoms with Gasteiger partial charge < -0.3 is 10.2 Å². The first kappa shape index (κ1) is 14.8. The molecule has 1 aliphatic carbocycles. The molecule has 0 spiro atoms. The average molecular weight is 279 g/mol. The van der Waals surface area contributed by atoms with Gasteiger partial charge in [-0.05, 0) is 58.7 Å². The van der Waals surface area contributed by atoms with Crippen LogP contribution >= 0.6 is 0 Å². The second-order valence-corrected chi connectivity index (χ2v) is 7.84. The second-order valence-electron chi connectivity index (χ2n) is 7.84. The van der Waals surface area contributed by atoms with Crippen molar-refractivity contribution in [1.29, 1.82) is 0 Å². The number of rotatable bonds is 4. The molecule has 0 aromatic carbocycles. The second kappa shape index (κ2) is 5.94. The van der Waals surface area contributed by atoms with Gasteiger partial charge >= 0.3 is 0 Å². The molecule has 2 heterocycles. The quantitative estimate of drug-likeness (QED) is 0.852. The number of hydrogen-bond donors (Lipinski definition) is 1. The van der Waals surface area contributed by atoms with E-state index in [1.165, 1.54) is 64.6 Å². The van der Waals surface area contributed by atoms with Gasteiger partial charge in [0.25, 0.3) is 0 Å². The van der Waals surface area contributed by atoms with Crippen molar-refractivity contribution >= 4 is 0 Å². The van der Waals surface area contributed by atoms with Gasteiger partial charge in [0.1, 0.15) is 0 Å². The molecular weight excluding hydrogens is 246 g/mol. The molecule has 20 heavy (non-hydrogen) atoms. The lowest BCUT2D eigenvalue weighted by atomic mass is 9.75. The van der Waals surface area contributed by atoms with Crippen molar-refractivity contribution in [2.24, 2.45) is 5.92 Å². The lowest BCUT2D eigenvalue weighted by Gasteiger charge is -2.46. The van der Waals surface area contributed by atoms with Crippen LogP contribution in [0.3, 0.4) is 0 Å². The Morgan fingerprint density at radius 1 is 1.15 bits per heavy atom. The van der Waals surface area contributed by atoms with Gasteiger partial charge in [0.2, 0.25) is 0 Å². The molecule has 3 aliphatic rings. The molecule has 0 aromatic heterocycles. The molecule has 0 radical (unpaired) electrons. The van der Waals surface area contributed by atoms with Gasteiger partial charge in [0.15, 0.2) is 0 Å². The van der Waals surface area contributed by atoms with Crippen molar-refractivity contribution in [1.82, 2.24) is 15.1 Å². The molecular formula is C17H33N3. The zero-order valence-electron chi connectivity index (χ0n) is 13.7. The largest absolute Gasteiger partial charge is 0.311 e. The SMILES string of the molecule is CC1CCCC(CNC2CCN3CCCC23)(N(C)C)C1. The number of hydrogen-bond acceptors (Lipinski definition) is 3. The fourth-order valence-corrected chi connectivity index (χ4v) is 5.00. The summed E-state index contributed by atoms with van der Waals surface area (Å²) in [5.41, 5.74) is 0.406. The summed E-state index contributed by atoms with van der Waals surface area (Å²) in [7, 11) is 4.58. The molecule has 3 rings (SSSR count). The fraction of sp³-hybridized carbons (Fsp3) is 1.00. The van der Waals surface area contributed by atoms with Crippen LogP contribution in [-0.2, 0) is 0 Å². The predicted molar refractivity (Wildman–Crippen MR) is 85.1 cm³/mol. The van der Waals surface area contributed by atoms with Gasteiger partial charge in [-0.25, -0.2) is 0 Å². The topological polar surface area (TPSA) is 18.5 Å². The molecule has 4 atom stereocenters. The Morgan fingerprint density at radius 3 is 2.75 bits per heavy atom. The number of nitrogens with one attached hydrogen (secondary N) is 1. The molecule has 3 heteroatoms. The van der Waals surface area contributed by atoms with Crippen molar-refractivity contribution in [3.05, 3.63) is 0 Å². The third kappa shape index (κ3) is 2.77. The Morgan fingerprint density at radius 2 is 2.00 bits per heavy atom. The summed E-state index contributed by atoms with van der Waals surface area (Å²) >= 11 is 0. The lowest BCUT2D eigenvalue weighted by Crippen LogP contribution is -2.56. The van der Waals surface area contributed by atoms with Crippen molar-refractivity contribution < 1.29 is 0 Å². The average Bonchev–Trinajstić information content (AvgIpc) is 2.99. The number of likely N-dealkylation sites (N-methyl/N-ethyl adjacent to an activating group) is 1. The van der Waals surface area contributed by atoms with Crippen LogP contribution in [0.4, 0.5) is 0 Å². The van der Waals surface area contributed by atoms with Crippen LogP contribution in [0, 0.1) is 5.92 Å². The summed E-state index contributed by atoms with van der Waals surface area (Å²) in [6.07, 6.45) is 9.77. The molecule has 0 aromatic rings. The van der Waals surface area contributed by atoms with Crippen LogP contribution in [0.2, 0.25) is 0 Å². The number of fused-ring (bicyclic) bond motifs is 1. The van der Waals surface area contributed by atoms with E-state index in [4.69, 9.17) is 0 Å². The summed E-state index contributed by atoms with van der Waals surface area (Å²) in [4.78, 5) is 5.22. The standard InChI is InChI=1S/C17H33N3/c1-14-6-4-9-17(12-14,19(2)3)13-18-15-8-11-20-10-5-7-16(15)20/h14-16,18H,4-13H2,1-3H3. The van der Waals surface area contributed by atoms with Crippen LogP contribution < -0.4 is 5.32 Å². The minimum absolute atomic E-state index is 0.406. The Labute approximate surface area is 125 Å². The van der Waals surface area contributed by atoms with E-state index in [-0.39, 0.29) is 0 Å². The molecule has 2 aliphatic heterocycles. The van der Waals surface area contributed by atoms with Crippen LogP contribution in [0.25, 0.3) is 0 Å². The molecule has 116 valence electrons. The zero-order chi connectivity index (χ0) is 14.2. The molecule has 0 amide bonds. The van der Waals surface area contributed by atoms with E-state index in [0.29, 0.717) is 5.54 Å². The first-order valence-corrected chi connectivity index (χ1v) is 8.76. The molecule has 2 saturated heterocycles. The first-order chi connectivity index (χ1) is 9.61. The monoisotopic (exact) mass is 279 g/mol. The minimum Gasteiger partial charge on any atom is -0.311 e. The molecule has 1 saturated carbocycles.